The minimum atomic E-state index is -0.590. The van der Waals surface area contributed by atoms with Gasteiger partial charge in [-0.05, 0) is 43.7 Å². The van der Waals surface area contributed by atoms with E-state index in [1.807, 2.05) is 27.7 Å². The minimum Gasteiger partial charge on any atom is -0.366 e. The van der Waals surface area contributed by atoms with Gasteiger partial charge in [-0.3, -0.25) is 19.0 Å². The minimum absolute atomic E-state index is 0.0695. The first-order valence-electron chi connectivity index (χ1n) is 9.45. The van der Waals surface area contributed by atoms with Crippen molar-refractivity contribution in [3.8, 4) is 0 Å². The molecule has 0 saturated carbocycles. The van der Waals surface area contributed by atoms with Gasteiger partial charge in [0.15, 0.2) is 5.16 Å². The second kappa shape index (κ2) is 8.91. The van der Waals surface area contributed by atoms with Gasteiger partial charge >= 0.3 is 0 Å². The zero-order valence-corrected chi connectivity index (χ0v) is 19.9. The van der Waals surface area contributed by atoms with Crippen LogP contribution in [0.25, 0.3) is 10.2 Å². The second-order valence-electron chi connectivity index (χ2n) is 7.44. The fourth-order valence-electron chi connectivity index (χ4n) is 2.95. The first kappa shape index (κ1) is 22.5. The molecule has 0 aliphatic heterocycles. The van der Waals surface area contributed by atoms with E-state index in [4.69, 9.17) is 10.7 Å². The van der Waals surface area contributed by atoms with E-state index in [9.17, 15) is 14.4 Å². The summed E-state index contributed by atoms with van der Waals surface area (Å²) >= 11 is 3.97. The number of nitrogens with one attached hydrogen (secondary N) is 1. The van der Waals surface area contributed by atoms with E-state index in [-0.39, 0.29) is 22.9 Å². The maximum Gasteiger partial charge on any atom is 0.263 e. The van der Waals surface area contributed by atoms with Gasteiger partial charge < -0.3 is 11.1 Å². The molecule has 0 aliphatic carbocycles. The quantitative estimate of drug-likeness (QED) is 0.406. The number of hydrogen-bond donors (Lipinski definition) is 2. The Morgan fingerprint density at radius 1 is 1.30 bits per heavy atom. The molecule has 10 heteroatoms. The standard InChI is InChI=1S/C20H24N4O3S3/c1-9(2)8-24-19(27)14-10(3)11(4)29-18(14)23-20(24)30-12(5)16(26)22-17-13(15(21)25)6-7-28-17/h6-7,9,12H,8H2,1-5H3,(H2,21,25)(H,22,26)/t12-/m0/s1. The summed E-state index contributed by atoms with van der Waals surface area (Å²) in [5.41, 5.74) is 6.52. The van der Waals surface area contributed by atoms with E-state index in [0.717, 1.165) is 10.4 Å². The van der Waals surface area contributed by atoms with Crippen LogP contribution in [0, 0.1) is 19.8 Å². The van der Waals surface area contributed by atoms with Crippen LogP contribution in [0.4, 0.5) is 5.00 Å². The Hall–Kier alpha value is -2.17. The van der Waals surface area contributed by atoms with Crippen molar-refractivity contribution in [1.82, 2.24) is 9.55 Å². The lowest BCUT2D eigenvalue weighted by Gasteiger charge is -2.17. The number of hydrogen-bond acceptors (Lipinski definition) is 7. The summed E-state index contributed by atoms with van der Waals surface area (Å²) in [6.45, 7) is 10.3. The van der Waals surface area contributed by atoms with E-state index < -0.39 is 11.2 Å². The number of aromatic nitrogens is 2. The van der Waals surface area contributed by atoms with E-state index in [1.165, 1.54) is 34.4 Å². The van der Waals surface area contributed by atoms with E-state index in [0.29, 0.717) is 26.9 Å². The highest BCUT2D eigenvalue weighted by Crippen LogP contribution is 2.31. The zero-order valence-electron chi connectivity index (χ0n) is 17.4. The Bertz CT molecular complexity index is 1180. The molecule has 7 nitrogen and oxygen atoms in total. The van der Waals surface area contributed by atoms with Gasteiger partial charge in [0.25, 0.3) is 11.5 Å². The van der Waals surface area contributed by atoms with Gasteiger partial charge in [0, 0.05) is 11.4 Å². The normalized spacial score (nSPS) is 12.5. The maximum atomic E-state index is 13.2. The lowest BCUT2D eigenvalue weighted by atomic mass is 10.2. The van der Waals surface area contributed by atoms with E-state index in [2.05, 4.69) is 5.32 Å². The van der Waals surface area contributed by atoms with Gasteiger partial charge in [-0.15, -0.1) is 22.7 Å². The van der Waals surface area contributed by atoms with Gasteiger partial charge in [0.1, 0.15) is 9.83 Å². The van der Waals surface area contributed by atoms with Gasteiger partial charge in [-0.1, -0.05) is 25.6 Å². The van der Waals surface area contributed by atoms with Crippen LogP contribution in [-0.4, -0.2) is 26.6 Å². The van der Waals surface area contributed by atoms with Crippen LogP contribution in [0.2, 0.25) is 0 Å². The van der Waals surface area contributed by atoms with Crippen molar-refractivity contribution in [2.75, 3.05) is 5.32 Å². The monoisotopic (exact) mass is 464 g/mol. The number of amides is 2. The highest BCUT2D eigenvalue weighted by molar-refractivity contribution is 8.00. The van der Waals surface area contributed by atoms with Crippen LogP contribution >= 0.6 is 34.4 Å². The number of nitrogens with two attached hydrogens (primary N) is 1. The average Bonchev–Trinajstić information content (AvgIpc) is 3.22. The molecule has 160 valence electrons. The molecule has 30 heavy (non-hydrogen) atoms. The lowest BCUT2D eigenvalue weighted by molar-refractivity contribution is -0.115. The number of thioether (sulfide) groups is 1. The summed E-state index contributed by atoms with van der Waals surface area (Å²) in [6, 6.07) is 1.58. The molecule has 0 spiro atoms. The summed E-state index contributed by atoms with van der Waals surface area (Å²) in [6.07, 6.45) is 0. The highest BCUT2D eigenvalue weighted by Gasteiger charge is 2.23. The highest BCUT2D eigenvalue weighted by atomic mass is 32.2. The van der Waals surface area contributed by atoms with Crippen LogP contribution in [0.1, 0.15) is 41.6 Å². The molecule has 3 aromatic heterocycles. The third-order valence-corrected chi connectivity index (χ3v) is 7.64. The number of primary amides is 1. The summed E-state index contributed by atoms with van der Waals surface area (Å²) < 4.78 is 1.67. The summed E-state index contributed by atoms with van der Waals surface area (Å²) in [5.74, 6) is -0.628. The lowest BCUT2D eigenvalue weighted by Crippen LogP contribution is -2.28. The zero-order chi connectivity index (χ0) is 22.2. The van der Waals surface area contributed by atoms with E-state index in [1.54, 1.807) is 22.9 Å². The molecule has 0 radical (unpaired) electrons. The molecule has 3 aromatic rings. The molecular weight excluding hydrogens is 440 g/mol. The Kier molecular flexibility index (Phi) is 6.68. The summed E-state index contributed by atoms with van der Waals surface area (Å²) in [4.78, 5) is 43.9. The third-order valence-electron chi connectivity index (χ3n) is 4.62. The predicted octanol–water partition coefficient (Wildman–Crippen LogP) is 4.01. The van der Waals surface area contributed by atoms with Crippen molar-refractivity contribution in [3.05, 3.63) is 37.8 Å². The number of anilines is 1. The fraction of sp³-hybridized carbons (Fsp3) is 0.400. The van der Waals surface area contributed by atoms with Gasteiger partial charge in [-0.2, -0.15) is 0 Å². The first-order valence-corrected chi connectivity index (χ1v) is 12.0. The fourth-order valence-corrected chi connectivity index (χ4v) is 5.73. The Morgan fingerprint density at radius 2 is 2.00 bits per heavy atom. The molecule has 0 fully saturated rings. The topological polar surface area (TPSA) is 107 Å². The van der Waals surface area contributed by atoms with Gasteiger partial charge in [-0.25, -0.2) is 4.98 Å². The number of thiophene rings is 2. The number of fused-ring (bicyclic) bond motifs is 1. The number of aryl methyl sites for hydroxylation is 2. The van der Waals surface area contributed by atoms with Crippen LogP contribution in [-0.2, 0) is 11.3 Å². The van der Waals surface area contributed by atoms with Crippen molar-refractivity contribution >= 4 is 61.5 Å². The summed E-state index contributed by atoms with van der Waals surface area (Å²) in [7, 11) is 0. The Morgan fingerprint density at radius 3 is 2.63 bits per heavy atom. The van der Waals surface area contributed by atoms with Crippen molar-refractivity contribution in [1.29, 1.82) is 0 Å². The molecule has 3 heterocycles. The molecule has 2 amide bonds. The third kappa shape index (κ3) is 4.45. The van der Waals surface area contributed by atoms with Gasteiger partial charge in [0.2, 0.25) is 5.91 Å². The SMILES string of the molecule is Cc1sc2nc(S[C@@H](C)C(=O)Nc3sccc3C(N)=O)n(CC(C)C)c(=O)c2c1C. The predicted molar refractivity (Wildman–Crippen MR) is 125 cm³/mol. The van der Waals surface area contributed by atoms with Gasteiger partial charge in [0.05, 0.1) is 16.2 Å². The molecule has 0 unspecified atom stereocenters. The number of rotatable bonds is 7. The number of carbonyl (C=O) groups is 2. The van der Waals surface area contributed by atoms with Crippen LogP contribution < -0.4 is 16.6 Å². The van der Waals surface area contributed by atoms with E-state index >= 15 is 0 Å². The molecule has 0 aromatic carbocycles. The molecule has 3 rings (SSSR count). The molecule has 0 saturated heterocycles. The Balaban J connectivity index is 1.93. The van der Waals surface area contributed by atoms with Crippen LogP contribution in [0.5, 0.6) is 0 Å². The smallest absolute Gasteiger partial charge is 0.263 e. The Labute approximate surface area is 186 Å². The summed E-state index contributed by atoms with van der Waals surface area (Å²) in [5, 5.41) is 5.53. The molecule has 3 N–H and O–H groups in total. The van der Waals surface area contributed by atoms with Crippen LogP contribution in [0.15, 0.2) is 21.4 Å². The number of nitrogens with zero attached hydrogens (tertiary/aromatic N) is 2. The maximum absolute atomic E-state index is 13.2. The van der Waals surface area contributed by atoms with Crippen LogP contribution in [0.3, 0.4) is 0 Å². The first-order chi connectivity index (χ1) is 14.1. The van der Waals surface area contributed by atoms with Crippen molar-refractivity contribution < 1.29 is 9.59 Å². The molecule has 0 aliphatic rings. The molecular formula is C20H24N4O3S3. The number of carbonyl (C=O) groups excluding carboxylic acids is 2. The molecule has 1 atom stereocenters. The average molecular weight is 465 g/mol. The van der Waals surface area contributed by atoms with Crippen molar-refractivity contribution in [3.63, 3.8) is 0 Å². The van der Waals surface area contributed by atoms with Crippen molar-refractivity contribution in [2.24, 2.45) is 11.7 Å². The molecule has 0 bridgehead atoms. The largest absolute Gasteiger partial charge is 0.366 e. The second-order valence-corrected chi connectivity index (χ2v) is 10.9. The van der Waals surface area contributed by atoms with Crippen molar-refractivity contribution in [2.45, 2.75) is 51.6 Å².